The number of halogens is 1. The molecule has 1 aliphatic heterocycles. The summed E-state index contributed by atoms with van der Waals surface area (Å²) in [4.78, 5) is 29.5. The molecule has 0 aliphatic carbocycles. The molecule has 102 valence electrons. The number of carbonyl (C=O) groups excluding carboxylic acids is 2. The zero-order valence-corrected chi connectivity index (χ0v) is 11.5. The van der Waals surface area contributed by atoms with Gasteiger partial charge in [-0.05, 0) is 19.1 Å². The monoisotopic (exact) mass is 290 g/mol. The smallest absolute Gasteiger partial charge is 0.296 e. The summed E-state index contributed by atoms with van der Waals surface area (Å²) in [5, 5.41) is 4.43. The Hall–Kier alpha value is -2.21. The van der Waals surface area contributed by atoms with Crippen molar-refractivity contribution in [3.05, 3.63) is 40.9 Å². The number of aromatic nitrogens is 3. The maximum Gasteiger partial charge on any atom is 0.299 e. The van der Waals surface area contributed by atoms with Gasteiger partial charge in [-0.2, -0.15) is 5.10 Å². The molecule has 20 heavy (non-hydrogen) atoms. The quantitative estimate of drug-likeness (QED) is 0.807. The third-order valence-corrected chi connectivity index (χ3v) is 3.54. The van der Waals surface area contributed by atoms with E-state index in [2.05, 4.69) is 10.1 Å². The topological polar surface area (TPSA) is 68.1 Å². The second-order valence-corrected chi connectivity index (χ2v) is 4.76. The summed E-state index contributed by atoms with van der Waals surface area (Å²) >= 11 is 6.12. The minimum absolute atomic E-state index is 0.176. The predicted molar refractivity (Wildman–Crippen MR) is 72.7 cm³/mol. The Morgan fingerprint density at radius 2 is 2.10 bits per heavy atom. The lowest BCUT2D eigenvalue weighted by atomic mass is 10.1. The van der Waals surface area contributed by atoms with Crippen LogP contribution in [0.3, 0.4) is 0 Å². The second-order valence-electron chi connectivity index (χ2n) is 4.35. The number of amides is 1. The highest BCUT2D eigenvalue weighted by atomic mass is 35.5. The van der Waals surface area contributed by atoms with Crippen molar-refractivity contribution in [1.82, 2.24) is 14.8 Å². The van der Waals surface area contributed by atoms with Crippen molar-refractivity contribution in [3.8, 4) is 0 Å². The van der Waals surface area contributed by atoms with Crippen LogP contribution >= 0.6 is 11.6 Å². The number of aryl methyl sites for hydroxylation is 1. The average molecular weight is 291 g/mol. The lowest BCUT2D eigenvalue weighted by molar-refractivity contribution is -0.114. The van der Waals surface area contributed by atoms with E-state index in [-0.39, 0.29) is 6.54 Å². The summed E-state index contributed by atoms with van der Waals surface area (Å²) in [5.74, 6) is -0.509. The Bertz CT molecular complexity index is 710. The first kappa shape index (κ1) is 12.8. The van der Waals surface area contributed by atoms with E-state index in [0.29, 0.717) is 28.6 Å². The Kier molecular flexibility index (Phi) is 3.02. The van der Waals surface area contributed by atoms with Crippen LogP contribution in [-0.2, 0) is 17.9 Å². The molecule has 0 saturated heterocycles. The number of fused-ring (bicyclic) bond motifs is 1. The average Bonchev–Trinajstić information content (AvgIpc) is 2.99. The van der Waals surface area contributed by atoms with Gasteiger partial charge < -0.3 is 0 Å². The molecule has 2 heterocycles. The van der Waals surface area contributed by atoms with Crippen molar-refractivity contribution >= 4 is 29.0 Å². The number of carbonyl (C=O) groups is 2. The number of nitrogens with zero attached hydrogens (tertiary/aromatic N) is 4. The molecule has 6 nitrogen and oxygen atoms in total. The summed E-state index contributed by atoms with van der Waals surface area (Å²) in [5.41, 5.74) is 0.792. The van der Waals surface area contributed by atoms with E-state index in [4.69, 9.17) is 11.6 Å². The van der Waals surface area contributed by atoms with Crippen LogP contribution in [0.2, 0.25) is 5.02 Å². The van der Waals surface area contributed by atoms with Gasteiger partial charge in [-0.15, -0.1) is 0 Å². The molecule has 1 aromatic heterocycles. The number of Topliss-reactive ketones (excluding diaryl/α,β-unsaturated/α-hetero) is 1. The lowest BCUT2D eigenvalue weighted by Gasteiger charge is -2.17. The maximum atomic E-state index is 12.1. The van der Waals surface area contributed by atoms with Crippen molar-refractivity contribution in [1.29, 1.82) is 0 Å². The molecule has 1 amide bonds. The SMILES string of the molecule is CCn1ncnc1CN1C(=O)C(=O)c2cccc(Cl)c21. The molecule has 2 aromatic rings. The van der Waals surface area contributed by atoms with Gasteiger partial charge >= 0.3 is 0 Å². The van der Waals surface area contributed by atoms with Gasteiger partial charge in [-0.1, -0.05) is 17.7 Å². The highest BCUT2D eigenvalue weighted by Gasteiger charge is 2.37. The summed E-state index contributed by atoms with van der Waals surface area (Å²) in [6.45, 7) is 2.74. The lowest BCUT2D eigenvalue weighted by Crippen LogP contribution is -2.30. The third-order valence-electron chi connectivity index (χ3n) is 3.24. The van der Waals surface area contributed by atoms with Gasteiger partial charge in [0.1, 0.15) is 12.2 Å². The number of hydrogen-bond donors (Lipinski definition) is 0. The standard InChI is InChI=1S/C13H11ClN4O2/c1-2-18-10(15-7-16-18)6-17-11-8(12(19)13(17)20)4-3-5-9(11)14/h3-5,7H,2,6H2,1H3. The molecule has 3 rings (SSSR count). The predicted octanol–water partition coefficient (Wildman–Crippen LogP) is 1.68. The van der Waals surface area contributed by atoms with Crippen LogP contribution in [0, 0.1) is 0 Å². The van der Waals surface area contributed by atoms with E-state index in [0.717, 1.165) is 0 Å². The van der Waals surface area contributed by atoms with Gasteiger partial charge in [0, 0.05) is 6.54 Å². The third kappa shape index (κ3) is 1.80. The van der Waals surface area contributed by atoms with Crippen LogP contribution in [0.4, 0.5) is 5.69 Å². The first-order valence-corrected chi connectivity index (χ1v) is 6.52. The minimum atomic E-state index is -0.584. The number of ketones is 1. The Labute approximate surface area is 120 Å². The first-order valence-electron chi connectivity index (χ1n) is 6.15. The molecule has 0 spiro atoms. The summed E-state index contributed by atoms with van der Waals surface area (Å²) < 4.78 is 1.67. The van der Waals surface area contributed by atoms with E-state index in [9.17, 15) is 9.59 Å². The van der Waals surface area contributed by atoms with Gasteiger partial charge in [0.05, 0.1) is 22.8 Å². The van der Waals surface area contributed by atoms with Crippen LogP contribution in [0.25, 0.3) is 0 Å². The number of anilines is 1. The van der Waals surface area contributed by atoms with Crippen molar-refractivity contribution < 1.29 is 9.59 Å². The fourth-order valence-electron chi connectivity index (χ4n) is 2.28. The number of para-hydroxylation sites is 1. The van der Waals surface area contributed by atoms with Crippen molar-refractivity contribution in [2.45, 2.75) is 20.0 Å². The Morgan fingerprint density at radius 1 is 1.30 bits per heavy atom. The van der Waals surface area contributed by atoms with Gasteiger partial charge in [-0.3, -0.25) is 14.5 Å². The summed E-state index contributed by atoms with van der Waals surface area (Å²) in [7, 11) is 0. The highest BCUT2D eigenvalue weighted by Crippen LogP contribution is 2.36. The number of rotatable bonds is 3. The molecule has 0 unspecified atom stereocenters. The number of hydrogen-bond acceptors (Lipinski definition) is 4. The van der Waals surface area contributed by atoms with Crippen LogP contribution in [0.5, 0.6) is 0 Å². The normalized spacial score (nSPS) is 14.0. The van der Waals surface area contributed by atoms with Crippen LogP contribution < -0.4 is 4.90 Å². The largest absolute Gasteiger partial charge is 0.299 e. The molecule has 1 aromatic carbocycles. The molecule has 7 heteroatoms. The molecule has 1 aliphatic rings. The van der Waals surface area contributed by atoms with Crippen LogP contribution in [0.15, 0.2) is 24.5 Å². The van der Waals surface area contributed by atoms with E-state index in [1.54, 1.807) is 22.9 Å². The van der Waals surface area contributed by atoms with E-state index in [1.807, 2.05) is 6.92 Å². The van der Waals surface area contributed by atoms with Gasteiger partial charge in [-0.25, -0.2) is 9.67 Å². The Balaban J connectivity index is 2.03. The van der Waals surface area contributed by atoms with Crippen molar-refractivity contribution in [2.24, 2.45) is 0 Å². The van der Waals surface area contributed by atoms with Crippen LogP contribution in [-0.4, -0.2) is 26.5 Å². The van der Waals surface area contributed by atoms with Crippen LogP contribution in [0.1, 0.15) is 23.1 Å². The molecule has 0 saturated carbocycles. The molecular formula is C13H11ClN4O2. The summed E-state index contributed by atoms with van der Waals surface area (Å²) in [6.07, 6.45) is 1.43. The molecule has 0 atom stereocenters. The van der Waals surface area contributed by atoms with E-state index in [1.165, 1.54) is 11.2 Å². The Morgan fingerprint density at radius 3 is 2.85 bits per heavy atom. The first-order chi connectivity index (χ1) is 9.63. The van der Waals surface area contributed by atoms with Crippen molar-refractivity contribution in [2.75, 3.05) is 4.90 Å². The number of benzene rings is 1. The second kappa shape index (κ2) is 4.72. The zero-order valence-electron chi connectivity index (χ0n) is 10.7. The molecule has 0 N–H and O–H groups in total. The minimum Gasteiger partial charge on any atom is -0.296 e. The maximum absolute atomic E-state index is 12.1. The van der Waals surface area contributed by atoms with Gasteiger partial charge in [0.15, 0.2) is 0 Å². The zero-order chi connectivity index (χ0) is 14.3. The fraction of sp³-hybridized carbons (Fsp3) is 0.231. The molecular weight excluding hydrogens is 280 g/mol. The molecule has 0 radical (unpaired) electrons. The summed E-state index contributed by atoms with van der Waals surface area (Å²) in [6, 6.07) is 4.92. The highest BCUT2D eigenvalue weighted by molar-refractivity contribution is 6.54. The molecule has 0 fully saturated rings. The van der Waals surface area contributed by atoms with E-state index >= 15 is 0 Å². The van der Waals surface area contributed by atoms with E-state index < -0.39 is 11.7 Å². The van der Waals surface area contributed by atoms with Gasteiger partial charge in [0.2, 0.25) is 0 Å². The fourth-order valence-corrected chi connectivity index (χ4v) is 2.56. The molecule has 0 bridgehead atoms. The van der Waals surface area contributed by atoms with Crippen molar-refractivity contribution in [3.63, 3.8) is 0 Å². The van der Waals surface area contributed by atoms with Gasteiger partial charge in [0.25, 0.3) is 11.7 Å².